The van der Waals surface area contributed by atoms with Gasteiger partial charge in [0.05, 0.1) is 5.60 Å². The molecule has 1 saturated heterocycles. The van der Waals surface area contributed by atoms with Crippen LogP contribution >= 0.6 is 0 Å². The van der Waals surface area contributed by atoms with E-state index in [0.717, 1.165) is 62.1 Å². The van der Waals surface area contributed by atoms with E-state index in [1.807, 2.05) is 54.4 Å². The molecular formula is C31H46N2O4. The minimum atomic E-state index is -1.11. The van der Waals surface area contributed by atoms with Crippen molar-refractivity contribution in [1.29, 1.82) is 0 Å². The van der Waals surface area contributed by atoms with Crippen molar-refractivity contribution in [3.8, 4) is 11.5 Å². The Morgan fingerprint density at radius 2 is 1.89 bits per heavy atom. The van der Waals surface area contributed by atoms with Gasteiger partial charge in [-0.1, -0.05) is 50.2 Å². The zero-order chi connectivity index (χ0) is 26.7. The number of nitrogens with one attached hydrogen (secondary N) is 1. The Hall–Kier alpha value is -2.41. The third-order valence-electron chi connectivity index (χ3n) is 7.61. The summed E-state index contributed by atoms with van der Waals surface area (Å²) in [4.78, 5) is 15.1. The fraction of sp³-hybridized carbons (Fsp3) is 0.581. The molecule has 2 aromatic carbocycles. The molecule has 1 fully saturated rings. The normalized spacial score (nSPS) is 18.3. The molecule has 6 heteroatoms. The second kappa shape index (κ2) is 14.5. The summed E-state index contributed by atoms with van der Waals surface area (Å²) in [6, 6.07) is 15.9. The van der Waals surface area contributed by atoms with Crippen LogP contribution in [0.2, 0.25) is 0 Å². The number of methoxy groups -OCH3 is 1. The molecule has 0 aliphatic carbocycles. The van der Waals surface area contributed by atoms with Crippen LogP contribution < -0.4 is 10.1 Å². The number of nitrogens with zero attached hydrogens (tertiary/aromatic N) is 1. The van der Waals surface area contributed by atoms with Crippen LogP contribution in [-0.4, -0.2) is 56.3 Å². The Morgan fingerprint density at radius 1 is 1.16 bits per heavy atom. The van der Waals surface area contributed by atoms with Gasteiger partial charge in [0.1, 0.15) is 11.5 Å². The number of para-hydroxylation sites is 2. The van der Waals surface area contributed by atoms with Crippen molar-refractivity contribution < 1.29 is 19.4 Å². The topological polar surface area (TPSA) is 71.0 Å². The number of aryl methyl sites for hydroxylation is 1. The van der Waals surface area contributed by atoms with E-state index in [1.54, 1.807) is 7.11 Å². The van der Waals surface area contributed by atoms with E-state index in [-0.39, 0.29) is 17.7 Å². The summed E-state index contributed by atoms with van der Waals surface area (Å²) in [5, 5.41) is 15.7. The summed E-state index contributed by atoms with van der Waals surface area (Å²) >= 11 is 0. The lowest BCUT2D eigenvalue weighted by Crippen LogP contribution is -2.48. The highest BCUT2D eigenvalue weighted by Gasteiger charge is 2.43. The number of benzene rings is 2. The molecule has 6 nitrogen and oxygen atoms in total. The summed E-state index contributed by atoms with van der Waals surface area (Å²) in [6.45, 7) is 7.01. The quantitative estimate of drug-likeness (QED) is 0.327. The molecule has 0 saturated carbocycles. The monoisotopic (exact) mass is 510 g/mol. The number of unbranched alkanes of at least 4 members (excludes halogenated alkanes) is 1. The Labute approximate surface area is 223 Å². The van der Waals surface area contributed by atoms with Crippen molar-refractivity contribution in [3.63, 3.8) is 0 Å². The highest BCUT2D eigenvalue weighted by molar-refractivity contribution is 5.76. The maximum absolute atomic E-state index is 13.1. The van der Waals surface area contributed by atoms with Gasteiger partial charge in [-0.3, -0.25) is 4.79 Å². The zero-order valence-corrected chi connectivity index (χ0v) is 23.2. The predicted molar refractivity (Wildman–Crippen MR) is 149 cm³/mol. The number of hydrogen-bond acceptors (Lipinski definition) is 5. The fourth-order valence-corrected chi connectivity index (χ4v) is 5.57. The van der Waals surface area contributed by atoms with Crippen LogP contribution in [0.25, 0.3) is 0 Å². The fourth-order valence-electron chi connectivity index (χ4n) is 5.57. The molecule has 3 rings (SSSR count). The second-order valence-corrected chi connectivity index (χ2v) is 10.5. The summed E-state index contributed by atoms with van der Waals surface area (Å²) in [6.07, 6.45) is 5.44. The number of amides is 1. The molecule has 37 heavy (non-hydrogen) atoms. The Balaban J connectivity index is 1.90. The average molecular weight is 511 g/mol. The van der Waals surface area contributed by atoms with Crippen LogP contribution in [-0.2, 0) is 21.6 Å². The second-order valence-electron chi connectivity index (χ2n) is 10.5. The Kier molecular flexibility index (Phi) is 11.4. The molecule has 1 heterocycles. The Morgan fingerprint density at radius 3 is 2.62 bits per heavy atom. The molecular weight excluding hydrogens is 464 g/mol. The minimum absolute atomic E-state index is 0.0708. The van der Waals surface area contributed by atoms with Crippen LogP contribution in [0.4, 0.5) is 0 Å². The molecule has 0 bridgehead atoms. The molecule has 2 aromatic rings. The molecule has 2 N–H and O–H groups in total. The summed E-state index contributed by atoms with van der Waals surface area (Å²) in [7, 11) is 3.63. The van der Waals surface area contributed by atoms with E-state index >= 15 is 0 Å². The van der Waals surface area contributed by atoms with Crippen LogP contribution in [0.5, 0.6) is 11.5 Å². The van der Waals surface area contributed by atoms with Crippen molar-refractivity contribution in [1.82, 2.24) is 10.2 Å². The van der Waals surface area contributed by atoms with E-state index in [9.17, 15) is 9.90 Å². The molecule has 0 aromatic heterocycles. The largest absolute Gasteiger partial charge is 0.457 e. The van der Waals surface area contributed by atoms with Crippen molar-refractivity contribution in [3.05, 3.63) is 59.7 Å². The van der Waals surface area contributed by atoms with Crippen molar-refractivity contribution in [2.24, 2.45) is 11.8 Å². The molecule has 1 amide bonds. The third kappa shape index (κ3) is 7.79. The van der Waals surface area contributed by atoms with E-state index in [2.05, 4.69) is 25.2 Å². The van der Waals surface area contributed by atoms with Gasteiger partial charge in [-0.15, -0.1) is 0 Å². The SMILES string of the molecule is CCc1ccccc1Oc1ccccc1[C@](O)(CCCCOC)[C@@H]1CCCN(C(=O)C[C@@H](C)CNC)C1. The lowest BCUT2D eigenvalue weighted by molar-refractivity contribution is -0.137. The number of carbonyl (C=O) groups excluding carboxylic acids is 1. The van der Waals surface area contributed by atoms with Crippen molar-refractivity contribution in [2.45, 2.75) is 64.4 Å². The first-order valence-electron chi connectivity index (χ1n) is 13.9. The molecule has 0 unspecified atom stereocenters. The van der Waals surface area contributed by atoms with Gasteiger partial charge in [0.15, 0.2) is 0 Å². The lowest BCUT2D eigenvalue weighted by Gasteiger charge is -2.43. The number of rotatable bonds is 14. The van der Waals surface area contributed by atoms with Gasteiger partial charge in [-0.25, -0.2) is 0 Å². The van der Waals surface area contributed by atoms with Gasteiger partial charge in [0.2, 0.25) is 5.91 Å². The van der Waals surface area contributed by atoms with Gasteiger partial charge in [0, 0.05) is 44.7 Å². The minimum Gasteiger partial charge on any atom is -0.457 e. The summed E-state index contributed by atoms with van der Waals surface area (Å²) in [5.74, 6) is 1.88. The van der Waals surface area contributed by atoms with Gasteiger partial charge in [-0.05, 0) is 75.7 Å². The van der Waals surface area contributed by atoms with E-state index < -0.39 is 5.60 Å². The highest BCUT2D eigenvalue weighted by atomic mass is 16.5. The van der Waals surface area contributed by atoms with Crippen LogP contribution in [0.15, 0.2) is 48.5 Å². The summed E-state index contributed by atoms with van der Waals surface area (Å²) in [5.41, 5.74) is 0.827. The first-order valence-corrected chi connectivity index (χ1v) is 13.9. The van der Waals surface area contributed by atoms with Gasteiger partial charge < -0.3 is 24.8 Å². The molecule has 204 valence electrons. The molecule has 0 radical (unpaired) electrons. The Bertz CT molecular complexity index is 981. The smallest absolute Gasteiger partial charge is 0.222 e. The number of piperidine rings is 1. The first kappa shape index (κ1) is 29.2. The standard InChI is InChI=1S/C31H46N2O4/c1-5-25-13-6-8-16-28(25)37-29-17-9-7-15-27(29)31(35,18-10-11-20-36-4)26-14-12-19-33(23-26)30(34)21-24(2)22-32-3/h6-9,13,15-17,24,26,32,35H,5,10-12,14,18-23H2,1-4H3/t24-,26-,31+/m1/s1. The van der Waals surface area contributed by atoms with Crippen molar-refractivity contribution >= 4 is 5.91 Å². The summed E-state index contributed by atoms with van der Waals surface area (Å²) < 4.78 is 11.8. The van der Waals surface area contributed by atoms with Crippen LogP contribution in [0.3, 0.4) is 0 Å². The van der Waals surface area contributed by atoms with E-state index in [0.29, 0.717) is 31.7 Å². The number of ether oxygens (including phenoxy) is 2. The highest BCUT2D eigenvalue weighted by Crippen LogP contribution is 2.44. The van der Waals surface area contributed by atoms with Gasteiger partial charge in [-0.2, -0.15) is 0 Å². The van der Waals surface area contributed by atoms with Crippen LogP contribution in [0.1, 0.15) is 63.5 Å². The van der Waals surface area contributed by atoms with Gasteiger partial charge in [0.25, 0.3) is 0 Å². The van der Waals surface area contributed by atoms with Gasteiger partial charge >= 0.3 is 0 Å². The maximum atomic E-state index is 13.1. The number of likely N-dealkylation sites (tertiary alicyclic amines) is 1. The average Bonchev–Trinajstić information content (AvgIpc) is 2.92. The van der Waals surface area contributed by atoms with Crippen molar-refractivity contribution in [2.75, 3.05) is 40.4 Å². The molecule has 1 aliphatic rings. The molecule has 1 aliphatic heterocycles. The zero-order valence-electron chi connectivity index (χ0n) is 23.2. The van der Waals surface area contributed by atoms with E-state index in [1.165, 1.54) is 0 Å². The lowest BCUT2D eigenvalue weighted by atomic mass is 9.73. The first-order chi connectivity index (χ1) is 17.9. The third-order valence-corrected chi connectivity index (χ3v) is 7.61. The number of carbonyl (C=O) groups is 1. The molecule has 3 atom stereocenters. The number of aliphatic hydroxyl groups is 1. The predicted octanol–water partition coefficient (Wildman–Crippen LogP) is 5.53. The van der Waals surface area contributed by atoms with Crippen LogP contribution in [0, 0.1) is 11.8 Å². The maximum Gasteiger partial charge on any atom is 0.222 e. The molecule has 0 spiro atoms. The number of hydrogen-bond donors (Lipinski definition) is 2. The van der Waals surface area contributed by atoms with E-state index in [4.69, 9.17) is 9.47 Å².